The number of fused-ring (bicyclic) bond motifs is 10. The van der Waals surface area contributed by atoms with Crippen molar-refractivity contribution in [2.45, 2.75) is 12.8 Å². The molecule has 60 heavy (non-hydrogen) atoms. The molecule has 1 aliphatic carbocycles. The smallest absolute Gasteiger partial charge is 0.0541 e. The topological polar surface area (TPSA) is 4.93 Å². The number of aromatic nitrogens is 1. The molecule has 2 aromatic heterocycles. The summed E-state index contributed by atoms with van der Waals surface area (Å²) in [7, 11) is 0. The molecule has 13 rings (SSSR count). The lowest BCUT2D eigenvalue weighted by molar-refractivity contribution is 1.01. The SMILES string of the molecule is C1=Cc2sc3c(-c4ccc5c(c4)c4ccccc4n5-c4ccc5c(-c6cccc7ccccc67)c6ccccc6c(-c6cccc7ccccc67)c5c4)cccc3c2CC1. The van der Waals surface area contributed by atoms with Crippen LogP contribution in [0, 0.1) is 0 Å². The number of para-hydroxylation sites is 1. The van der Waals surface area contributed by atoms with Gasteiger partial charge in [0.1, 0.15) is 0 Å². The standard InChI is InChI=1S/C58H37NS/c1-3-18-40-36(14-1)16-11-25-45(40)56-47-22-5-6-23-48(47)57(46-26-12-17-37-15-2-4-19-41(37)46)52-35-39(31-32-49(52)56)59-53-28-9-7-20-43(53)51-34-38(30-33-54(51)59)42-24-13-27-50-44-21-8-10-29-55(44)60-58(42)50/h1-7,9-20,22-35H,8,21H2. The van der Waals surface area contributed by atoms with Gasteiger partial charge in [0.05, 0.1) is 11.0 Å². The highest BCUT2D eigenvalue weighted by molar-refractivity contribution is 7.20. The second-order valence-electron chi connectivity index (χ2n) is 16.2. The van der Waals surface area contributed by atoms with E-state index in [0.29, 0.717) is 0 Å². The maximum Gasteiger partial charge on any atom is 0.0541 e. The van der Waals surface area contributed by atoms with Gasteiger partial charge < -0.3 is 4.57 Å². The minimum Gasteiger partial charge on any atom is -0.309 e. The molecule has 12 aromatic rings. The van der Waals surface area contributed by atoms with Gasteiger partial charge in [0.25, 0.3) is 0 Å². The predicted molar refractivity (Wildman–Crippen MR) is 260 cm³/mol. The first-order valence-electron chi connectivity index (χ1n) is 21.0. The van der Waals surface area contributed by atoms with E-state index in [9.17, 15) is 0 Å². The van der Waals surface area contributed by atoms with Crippen molar-refractivity contribution in [3.8, 4) is 39.1 Å². The van der Waals surface area contributed by atoms with Gasteiger partial charge >= 0.3 is 0 Å². The second-order valence-corrected chi connectivity index (χ2v) is 17.3. The van der Waals surface area contributed by atoms with Crippen LogP contribution in [0.2, 0.25) is 0 Å². The van der Waals surface area contributed by atoms with E-state index in [2.05, 4.69) is 205 Å². The van der Waals surface area contributed by atoms with Gasteiger partial charge in [-0.2, -0.15) is 0 Å². The van der Waals surface area contributed by atoms with Crippen LogP contribution in [-0.2, 0) is 6.42 Å². The average Bonchev–Trinajstić information content (AvgIpc) is 3.86. The summed E-state index contributed by atoms with van der Waals surface area (Å²) in [6, 6.07) is 70.3. The zero-order chi connectivity index (χ0) is 39.3. The van der Waals surface area contributed by atoms with Crippen LogP contribution in [0.3, 0.4) is 0 Å². The molecule has 0 unspecified atom stereocenters. The van der Waals surface area contributed by atoms with Gasteiger partial charge in [-0.25, -0.2) is 0 Å². The van der Waals surface area contributed by atoms with Crippen LogP contribution in [0.25, 0.3) is 120 Å². The number of allylic oxidation sites excluding steroid dienone is 1. The molecular formula is C58H37NS. The molecule has 1 aliphatic rings. The highest BCUT2D eigenvalue weighted by Crippen LogP contribution is 2.48. The van der Waals surface area contributed by atoms with Gasteiger partial charge in [-0.3, -0.25) is 0 Å². The Morgan fingerprint density at radius 1 is 0.400 bits per heavy atom. The number of aryl methyl sites for hydroxylation is 1. The van der Waals surface area contributed by atoms with Crippen molar-refractivity contribution >= 4 is 92.4 Å². The molecule has 0 spiro atoms. The summed E-state index contributed by atoms with van der Waals surface area (Å²) >= 11 is 1.94. The van der Waals surface area contributed by atoms with Crippen LogP contribution in [0.1, 0.15) is 16.9 Å². The fourth-order valence-electron chi connectivity index (χ4n) is 10.4. The van der Waals surface area contributed by atoms with Gasteiger partial charge in [0.15, 0.2) is 0 Å². The van der Waals surface area contributed by atoms with Crippen LogP contribution in [0.4, 0.5) is 0 Å². The lowest BCUT2D eigenvalue weighted by Crippen LogP contribution is -1.97. The minimum absolute atomic E-state index is 1.12. The second kappa shape index (κ2) is 13.1. The Morgan fingerprint density at radius 2 is 0.967 bits per heavy atom. The molecule has 0 amide bonds. The summed E-state index contributed by atoms with van der Waals surface area (Å²) in [4.78, 5) is 1.41. The van der Waals surface area contributed by atoms with E-state index in [1.54, 1.807) is 0 Å². The molecule has 10 aromatic carbocycles. The number of hydrogen-bond acceptors (Lipinski definition) is 1. The first-order chi connectivity index (χ1) is 29.8. The zero-order valence-corrected chi connectivity index (χ0v) is 33.6. The number of thiophene rings is 1. The van der Waals surface area contributed by atoms with E-state index in [-0.39, 0.29) is 0 Å². The van der Waals surface area contributed by atoms with E-state index >= 15 is 0 Å². The van der Waals surface area contributed by atoms with Crippen molar-refractivity contribution in [1.82, 2.24) is 4.57 Å². The molecule has 0 radical (unpaired) electrons. The van der Waals surface area contributed by atoms with Crippen LogP contribution >= 0.6 is 11.3 Å². The van der Waals surface area contributed by atoms with Crippen LogP contribution < -0.4 is 0 Å². The third-order valence-electron chi connectivity index (χ3n) is 13.0. The Labute approximate surface area is 351 Å². The van der Waals surface area contributed by atoms with Crippen molar-refractivity contribution in [3.63, 3.8) is 0 Å². The van der Waals surface area contributed by atoms with Gasteiger partial charge in [0, 0.05) is 26.0 Å². The highest BCUT2D eigenvalue weighted by atomic mass is 32.1. The van der Waals surface area contributed by atoms with Crippen LogP contribution in [-0.4, -0.2) is 4.57 Å². The lowest BCUT2D eigenvalue weighted by Gasteiger charge is -2.21. The zero-order valence-electron chi connectivity index (χ0n) is 32.8. The Bertz CT molecular complexity index is 3770. The van der Waals surface area contributed by atoms with Gasteiger partial charge in [0.2, 0.25) is 0 Å². The number of benzene rings is 10. The molecule has 2 heterocycles. The normalized spacial score (nSPS) is 12.8. The molecule has 0 bridgehead atoms. The fraction of sp³-hybridized carbons (Fsp3) is 0.0345. The Kier molecular flexibility index (Phi) is 7.37. The quantitative estimate of drug-likeness (QED) is 0.157. The van der Waals surface area contributed by atoms with Crippen molar-refractivity contribution < 1.29 is 0 Å². The van der Waals surface area contributed by atoms with E-state index in [1.165, 1.54) is 119 Å². The average molecular weight is 780 g/mol. The summed E-state index contributed by atoms with van der Waals surface area (Å²) in [6.07, 6.45) is 6.89. The molecule has 0 N–H and O–H groups in total. The molecule has 0 saturated heterocycles. The predicted octanol–water partition coefficient (Wildman–Crippen LogP) is 16.6. The Balaban J connectivity index is 1.11. The number of rotatable bonds is 4. The third-order valence-corrected chi connectivity index (χ3v) is 14.3. The summed E-state index contributed by atoms with van der Waals surface area (Å²) in [6.45, 7) is 0. The first kappa shape index (κ1) is 33.7. The number of nitrogens with zero attached hydrogens (tertiary/aromatic N) is 1. The summed E-state index contributed by atoms with van der Waals surface area (Å²) in [5.41, 5.74) is 12.7. The van der Waals surface area contributed by atoms with Crippen molar-refractivity contribution in [3.05, 3.63) is 205 Å². The molecule has 0 aliphatic heterocycles. The van der Waals surface area contributed by atoms with Crippen LogP contribution in [0.15, 0.2) is 194 Å². The van der Waals surface area contributed by atoms with Gasteiger partial charge in [-0.1, -0.05) is 164 Å². The number of hydrogen-bond donors (Lipinski definition) is 0. The molecular weight excluding hydrogens is 743 g/mol. The first-order valence-corrected chi connectivity index (χ1v) is 21.8. The van der Waals surface area contributed by atoms with Crippen LogP contribution in [0.5, 0.6) is 0 Å². The maximum absolute atomic E-state index is 2.49. The Morgan fingerprint density at radius 3 is 1.72 bits per heavy atom. The van der Waals surface area contributed by atoms with E-state index in [0.717, 1.165) is 18.5 Å². The monoisotopic (exact) mass is 779 g/mol. The molecule has 1 nitrogen and oxygen atoms in total. The lowest BCUT2D eigenvalue weighted by atomic mass is 9.83. The summed E-state index contributed by atoms with van der Waals surface area (Å²) in [5, 5.41) is 14.0. The van der Waals surface area contributed by atoms with Gasteiger partial charge in [-0.15, -0.1) is 11.3 Å². The molecule has 2 heteroatoms. The third kappa shape index (κ3) is 4.92. The van der Waals surface area contributed by atoms with Crippen molar-refractivity contribution in [1.29, 1.82) is 0 Å². The highest BCUT2D eigenvalue weighted by Gasteiger charge is 2.22. The van der Waals surface area contributed by atoms with E-state index in [1.807, 2.05) is 11.3 Å². The maximum atomic E-state index is 2.49. The largest absolute Gasteiger partial charge is 0.309 e. The minimum atomic E-state index is 1.12. The summed E-state index contributed by atoms with van der Waals surface area (Å²) in [5.74, 6) is 0. The Hall–Kier alpha value is -7.26. The van der Waals surface area contributed by atoms with Gasteiger partial charge in [-0.05, 0) is 137 Å². The molecule has 0 saturated carbocycles. The van der Waals surface area contributed by atoms with Crippen molar-refractivity contribution in [2.75, 3.05) is 0 Å². The molecule has 0 fully saturated rings. The molecule has 280 valence electrons. The fourth-order valence-corrected chi connectivity index (χ4v) is 11.7. The summed E-state index contributed by atoms with van der Waals surface area (Å²) < 4.78 is 3.88. The molecule has 0 atom stereocenters. The van der Waals surface area contributed by atoms with E-state index in [4.69, 9.17) is 0 Å². The van der Waals surface area contributed by atoms with Crippen molar-refractivity contribution in [2.24, 2.45) is 0 Å². The van der Waals surface area contributed by atoms with E-state index < -0.39 is 0 Å².